The summed E-state index contributed by atoms with van der Waals surface area (Å²) in [4.78, 5) is 25.2. The predicted octanol–water partition coefficient (Wildman–Crippen LogP) is 1.83. The van der Waals surface area contributed by atoms with Crippen LogP contribution in [-0.2, 0) is 4.79 Å². The second-order valence-corrected chi connectivity index (χ2v) is 3.50. The van der Waals surface area contributed by atoms with Gasteiger partial charge in [-0.25, -0.2) is 0 Å². The average molecular weight is 216 g/mol. The van der Waals surface area contributed by atoms with Crippen LogP contribution in [0.3, 0.4) is 0 Å². The molecule has 82 valence electrons. The Bertz CT molecular complexity index is 443. The predicted molar refractivity (Wildman–Crippen MR) is 59.4 cm³/mol. The van der Waals surface area contributed by atoms with Crippen LogP contribution in [0.25, 0.3) is 5.53 Å². The molecule has 0 saturated heterocycles. The number of Topliss-reactive ketones (excluding diaryl/α,β-unsaturated/α-hetero) is 2. The zero-order valence-corrected chi connectivity index (χ0v) is 9.01. The third kappa shape index (κ3) is 3.59. The van der Waals surface area contributed by atoms with Gasteiger partial charge in [0.2, 0.25) is 5.78 Å². The summed E-state index contributed by atoms with van der Waals surface area (Å²) in [5.41, 5.74) is 9.79. The molecule has 4 nitrogen and oxygen atoms in total. The molecule has 0 aliphatic rings. The van der Waals surface area contributed by atoms with Gasteiger partial charge in [-0.2, -0.15) is 4.79 Å². The zero-order valence-electron chi connectivity index (χ0n) is 9.01. The maximum absolute atomic E-state index is 11.6. The number of hydrogen-bond donors (Lipinski definition) is 0. The van der Waals surface area contributed by atoms with Crippen LogP contribution in [-0.4, -0.2) is 22.6 Å². The van der Waals surface area contributed by atoms with Crippen LogP contribution in [0.1, 0.15) is 28.8 Å². The van der Waals surface area contributed by atoms with Gasteiger partial charge in [0, 0.05) is 18.4 Å². The highest BCUT2D eigenvalue weighted by Crippen LogP contribution is 2.07. The second kappa shape index (κ2) is 5.73. The van der Waals surface area contributed by atoms with Crippen LogP contribution < -0.4 is 0 Å². The van der Waals surface area contributed by atoms with Gasteiger partial charge in [-0.3, -0.25) is 9.59 Å². The van der Waals surface area contributed by atoms with E-state index in [1.807, 2.05) is 19.1 Å². The fourth-order valence-corrected chi connectivity index (χ4v) is 1.25. The molecule has 16 heavy (non-hydrogen) atoms. The first-order chi connectivity index (χ1) is 7.63. The lowest BCUT2D eigenvalue weighted by Gasteiger charge is -1.99. The minimum Gasteiger partial charge on any atom is -0.361 e. The van der Waals surface area contributed by atoms with E-state index >= 15 is 0 Å². The van der Waals surface area contributed by atoms with E-state index in [4.69, 9.17) is 5.53 Å². The van der Waals surface area contributed by atoms with Gasteiger partial charge >= 0.3 is 6.21 Å². The van der Waals surface area contributed by atoms with Crippen LogP contribution in [0.2, 0.25) is 0 Å². The molecule has 0 bridgehead atoms. The molecule has 0 unspecified atom stereocenters. The Hall–Kier alpha value is -2.06. The Morgan fingerprint density at radius 3 is 2.44 bits per heavy atom. The highest BCUT2D eigenvalue weighted by Gasteiger charge is 2.09. The largest absolute Gasteiger partial charge is 0.361 e. The van der Waals surface area contributed by atoms with Crippen LogP contribution >= 0.6 is 0 Å². The van der Waals surface area contributed by atoms with E-state index in [-0.39, 0.29) is 24.4 Å². The van der Waals surface area contributed by atoms with E-state index in [2.05, 4.69) is 4.79 Å². The number of aryl methyl sites for hydroxylation is 1. The van der Waals surface area contributed by atoms with Crippen LogP contribution in [0.15, 0.2) is 24.3 Å². The lowest BCUT2D eigenvalue weighted by molar-refractivity contribution is -0.116. The molecule has 0 N–H and O–H groups in total. The molecule has 1 rings (SSSR count). The number of benzene rings is 1. The minimum atomic E-state index is -0.358. The molecule has 0 amide bonds. The number of rotatable bonds is 5. The standard InChI is InChI=1S/C12H12N2O2/c1-9-2-4-10(5-3-9)12(16)7-6-11(15)8-14-13/h2-5,8H,6-7H2,1H3. The van der Waals surface area contributed by atoms with E-state index in [0.717, 1.165) is 11.8 Å². The lowest BCUT2D eigenvalue weighted by atomic mass is 10.0. The molecule has 4 heteroatoms. The molecule has 0 aliphatic heterocycles. The molecule has 0 aromatic heterocycles. The van der Waals surface area contributed by atoms with Crippen LogP contribution in [0.4, 0.5) is 0 Å². The Morgan fingerprint density at radius 1 is 1.25 bits per heavy atom. The monoisotopic (exact) mass is 216 g/mol. The highest BCUT2D eigenvalue weighted by atomic mass is 16.1. The van der Waals surface area contributed by atoms with Gasteiger partial charge in [0.05, 0.1) is 0 Å². The topological polar surface area (TPSA) is 70.5 Å². The van der Waals surface area contributed by atoms with Crippen molar-refractivity contribution in [2.45, 2.75) is 19.8 Å². The normalized spacial score (nSPS) is 9.31. The van der Waals surface area contributed by atoms with Gasteiger partial charge in [-0.1, -0.05) is 29.8 Å². The molecule has 0 fully saturated rings. The van der Waals surface area contributed by atoms with Crippen molar-refractivity contribution in [2.75, 3.05) is 0 Å². The summed E-state index contributed by atoms with van der Waals surface area (Å²) in [7, 11) is 0. The molecule has 0 heterocycles. The van der Waals surface area contributed by atoms with Crippen molar-refractivity contribution in [1.82, 2.24) is 0 Å². The smallest absolute Gasteiger partial charge is 0.323 e. The second-order valence-electron chi connectivity index (χ2n) is 3.50. The number of carbonyl (C=O) groups is 2. The van der Waals surface area contributed by atoms with Crippen LogP contribution in [0.5, 0.6) is 0 Å². The van der Waals surface area contributed by atoms with Crippen molar-refractivity contribution >= 4 is 17.8 Å². The summed E-state index contributed by atoms with van der Waals surface area (Å²) in [5, 5.41) is 0. The molecule has 0 aliphatic carbocycles. The quantitative estimate of drug-likeness (QED) is 0.326. The summed E-state index contributed by atoms with van der Waals surface area (Å²) in [5.74, 6) is -0.442. The fourth-order valence-electron chi connectivity index (χ4n) is 1.25. The summed E-state index contributed by atoms with van der Waals surface area (Å²) in [6.45, 7) is 1.94. The first-order valence-electron chi connectivity index (χ1n) is 4.93. The Kier molecular flexibility index (Phi) is 4.30. The first kappa shape index (κ1) is 12.0. The molecule has 0 spiro atoms. The first-order valence-corrected chi connectivity index (χ1v) is 4.93. The van der Waals surface area contributed by atoms with Crippen molar-refractivity contribution in [2.24, 2.45) is 0 Å². The summed E-state index contributed by atoms with van der Waals surface area (Å²) in [6, 6.07) is 7.18. The molecular formula is C12H12N2O2. The SMILES string of the molecule is Cc1ccc(C(=O)CCC(=O)C=[N+]=[N-])cc1. The van der Waals surface area contributed by atoms with Gasteiger partial charge in [0.25, 0.3) is 0 Å². The van der Waals surface area contributed by atoms with E-state index < -0.39 is 0 Å². The van der Waals surface area contributed by atoms with Gasteiger partial charge in [-0.15, -0.1) is 0 Å². The van der Waals surface area contributed by atoms with Crippen molar-refractivity contribution in [3.8, 4) is 0 Å². The zero-order chi connectivity index (χ0) is 12.0. The van der Waals surface area contributed by atoms with Crippen molar-refractivity contribution in [3.63, 3.8) is 0 Å². The van der Waals surface area contributed by atoms with Gasteiger partial charge in [0.15, 0.2) is 5.78 Å². The Balaban J connectivity index is 2.56. The molecule has 1 aromatic rings. The number of hydrogen-bond acceptors (Lipinski definition) is 2. The molecule has 1 aromatic carbocycles. The van der Waals surface area contributed by atoms with Crippen molar-refractivity contribution in [1.29, 1.82) is 0 Å². The van der Waals surface area contributed by atoms with E-state index in [1.165, 1.54) is 0 Å². The highest BCUT2D eigenvalue weighted by molar-refractivity contribution is 6.25. The summed E-state index contributed by atoms with van der Waals surface area (Å²) < 4.78 is 0. The van der Waals surface area contributed by atoms with E-state index in [0.29, 0.717) is 5.56 Å². The molecule has 0 radical (unpaired) electrons. The van der Waals surface area contributed by atoms with Gasteiger partial charge < -0.3 is 5.53 Å². The Morgan fingerprint density at radius 2 is 1.88 bits per heavy atom. The third-order valence-electron chi connectivity index (χ3n) is 2.17. The summed E-state index contributed by atoms with van der Waals surface area (Å²) in [6.07, 6.45) is 1.01. The Labute approximate surface area is 93.5 Å². The maximum Gasteiger partial charge on any atom is 0.323 e. The number of nitrogens with zero attached hydrogens (tertiary/aromatic N) is 2. The summed E-state index contributed by atoms with van der Waals surface area (Å²) >= 11 is 0. The molecule has 0 atom stereocenters. The van der Waals surface area contributed by atoms with Crippen molar-refractivity contribution in [3.05, 3.63) is 40.9 Å². The van der Waals surface area contributed by atoms with Crippen LogP contribution in [0, 0.1) is 6.92 Å². The lowest BCUT2D eigenvalue weighted by Crippen LogP contribution is -2.05. The van der Waals surface area contributed by atoms with Crippen molar-refractivity contribution < 1.29 is 14.4 Å². The molecule has 0 saturated carbocycles. The third-order valence-corrected chi connectivity index (χ3v) is 2.17. The van der Waals surface area contributed by atoms with Gasteiger partial charge in [0.1, 0.15) is 0 Å². The number of carbonyl (C=O) groups excluding carboxylic acids is 2. The minimum absolute atomic E-state index is 0.0662. The van der Waals surface area contributed by atoms with Gasteiger partial charge in [-0.05, 0) is 6.92 Å². The maximum atomic E-state index is 11.6. The van der Waals surface area contributed by atoms with E-state index in [9.17, 15) is 9.59 Å². The number of ketones is 2. The molecular weight excluding hydrogens is 204 g/mol. The fraction of sp³-hybridized carbons (Fsp3) is 0.250. The van der Waals surface area contributed by atoms with E-state index in [1.54, 1.807) is 12.1 Å². The average Bonchev–Trinajstić information content (AvgIpc) is 2.27.